The zero-order valence-corrected chi connectivity index (χ0v) is 12.5. The lowest BCUT2D eigenvalue weighted by Crippen LogP contribution is -1.97. The first-order valence-corrected chi connectivity index (χ1v) is 7.33. The summed E-state index contributed by atoms with van der Waals surface area (Å²) in [5.41, 5.74) is 3.13. The van der Waals surface area contributed by atoms with Crippen LogP contribution >= 0.6 is 22.6 Å². The molecule has 0 saturated heterocycles. The topological polar surface area (TPSA) is 26.3 Å². The number of hydrogen-bond donors (Lipinski definition) is 0. The molecule has 0 saturated carbocycles. The Labute approximate surface area is 125 Å². The van der Waals surface area contributed by atoms with Crippen LogP contribution in [0.25, 0.3) is 0 Å². The fourth-order valence-corrected chi connectivity index (χ4v) is 2.92. The van der Waals surface area contributed by atoms with E-state index in [4.69, 9.17) is 4.74 Å². The molecule has 0 fully saturated rings. The molecule has 0 unspecified atom stereocenters. The predicted molar refractivity (Wildman–Crippen MR) is 82.6 cm³/mol. The minimum atomic E-state index is 0.249. The number of ether oxygens (including phenoxy) is 1. The van der Waals surface area contributed by atoms with Crippen molar-refractivity contribution in [2.75, 3.05) is 0 Å². The van der Waals surface area contributed by atoms with Gasteiger partial charge < -0.3 is 4.74 Å². The Morgan fingerprint density at radius 1 is 1.11 bits per heavy atom. The van der Waals surface area contributed by atoms with E-state index < -0.39 is 0 Å². The number of carbonyl (C=O) groups excluding carboxylic acids is 1. The first-order valence-electron chi connectivity index (χ1n) is 6.26. The van der Waals surface area contributed by atoms with Gasteiger partial charge >= 0.3 is 0 Å². The van der Waals surface area contributed by atoms with Gasteiger partial charge in [-0.1, -0.05) is 12.1 Å². The Kier molecular flexibility index (Phi) is 3.55. The van der Waals surface area contributed by atoms with Crippen molar-refractivity contribution in [3.8, 4) is 5.75 Å². The van der Waals surface area contributed by atoms with Crippen LogP contribution in [0.15, 0.2) is 42.5 Å². The van der Waals surface area contributed by atoms with Crippen molar-refractivity contribution in [2.45, 2.75) is 19.4 Å². The lowest BCUT2D eigenvalue weighted by molar-refractivity contribution is 0.0994. The largest absolute Gasteiger partial charge is 0.489 e. The van der Waals surface area contributed by atoms with Gasteiger partial charge in [-0.25, -0.2) is 0 Å². The molecular weight excluding hydrogens is 351 g/mol. The molecule has 0 aromatic heterocycles. The summed E-state index contributed by atoms with van der Waals surface area (Å²) in [7, 11) is 0. The van der Waals surface area contributed by atoms with E-state index in [9.17, 15) is 4.79 Å². The lowest BCUT2D eigenvalue weighted by Gasteiger charge is -2.08. The van der Waals surface area contributed by atoms with Crippen molar-refractivity contribution in [1.82, 2.24) is 0 Å². The minimum absolute atomic E-state index is 0.249. The van der Waals surface area contributed by atoms with Gasteiger partial charge in [0.05, 0.1) is 0 Å². The van der Waals surface area contributed by atoms with Gasteiger partial charge in [-0.15, -0.1) is 0 Å². The van der Waals surface area contributed by atoms with Crippen LogP contribution in [-0.2, 0) is 13.0 Å². The van der Waals surface area contributed by atoms with Crippen LogP contribution in [-0.4, -0.2) is 5.78 Å². The van der Waals surface area contributed by atoms with Gasteiger partial charge in [0.15, 0.2) is 5.78 Å². The maximum Gasteiger partial charge on any atom is 0.163 e. The van der Waals surface area contributed by atoms with E-state index in [1.54, 1.807) is 0 Å². The normalized spacial score (nSPS) is 13.4. The molecule has 3 heteroatoms. The van der Waals surface area contributed by atoms with Crippen molar-refractivity contribution in [2.24, 2.45) is 0 Å². The quantitative estimate of drug-likeness (QED) is 0.770. The zero-order chi connectivity index (χ0) is 13.2. The molecule has 2 nitrogen and oxygen atoms in total. The second-order valence-corrected chi connectivity index (χ2v) is 5.91. The summed E-state index contributed by atoms with van der Waals surface area (Å²) >= 11 is 2.29. The molecular formula is C16H13IO2. The van der Waals surface area contributed by atoms with Crippen molar-refractivity contribution in [3.63, 3.8) is 0 Å². The molecule has 0 radical (unpaired) electrons. The van der Waals surface area contributed by atoms with Gasteiger partial charge in [0.1, 0.15) is 12.4 Å². The van der Waals surface area contributed by atoms with Crippen molar-refractivity contribution in [1.29, 1.82) is 0 Å². The van der Waals surface area contributed by atoms with E-state index in [0.717, 1.165) is 28.9 Å². The van der Waals surface area contributed by atoms with Crippen molar-refractivity contribution in [3.05, 3.63) is 62.7 Å². The van der Waals surface area contributed by atoms with Crippen LogP contribution in [0.4, 0.5) is 0 Å². The highest BCUT2D eigenvalue weighted by molar-refractivity contribution is 14.1. The van der Waals surface area contributed by atoms with Crippen LogP contribution in [0, 0.1) is 3.57 Å². The van der Waals surface area contributed by atoms with Gasteiger partial charge in [-0.05, 0) is 70.5 Å². The van der Waals surface area contributed by atoms with Crippen molar-refractivity contribution >= 4 is 28.4 Å². The maximum atomic E-state index is 11.6. The Bertz CT molecular complexity index is 634. The van der Waals surface area contributed by atoms with Crippen LogP contribution in [0.2, 0.25) is 0 Å². The van der Waals surface area contributed by atoms with Gasteiger partial charge in [0.25, 0.3) is 0 Å². The second-order valence-electron chi connectivity index (χ2n) is 4.66. The van der Waals surface area contributed by atoms with Crippen LogP contribution < -0.4 is 4.74 Å². The molecule has 0 amide bonds. The molecule has 96 valence electrons. The zero-order valence-electron chi connectivity index (χ0n) is 10.4. The molecule has 0 aliphatic heterocycles. The highest BCUT2D eigenvalue weighted by Gasteiger charge is 2.19. The summed E-state index contributed by atoms with van der Waals surface area (Å²) in [6, 6.07) is 14.0. The number of hydrogen-bond acceptors (Lipinski definition) is 2. The van der Waals surface area contributed by atoms with Crippen LogP contribution in [0.5, 0.6) is 5.75 Å². The minimum Gasteiger partial charge on any atom is -0.489 e. The molecule has 0 spiro atoms. The van der Waals surface area contributed by atoms with E-state index in [1.807, 2.05) is 24.3 Å². The summed E-state index contributed by atoms with van der Waals surface area (Å²) in [4.78, 5) is 11.6. The highest BCUT2D eigenvalue weighted by atomic mass is 127. The Hall–Kier alpha value is -1.36. The van der Waals surface area contributed by atoms with E-state index in [2.05, 4.69) is 40.8 Å². The molecule has 2 aromatic rings. The van der Waals surface area contributed by atoms with E-state index >= 15 is 0 Å². The lowest BCUT2D eigenvalue weighted by atomic mass is 10.1. The molecule has 0 N–H and O–H groups in total. The highest BCUT2D eigenvalue weighted by Crippen LogP contribution is 2.26. The molecule has 3 rings (SSSR count). The number of rotatable bonds is 3. The molecule has 2 aromatic carbocycles. The van der Waals surface area contributed by atoms with Crippen LogP contribution in [0.1, 0.15) is 27.9 Å². The second kappa shape index (κ2) is 5.33. The fraction of sp³-hybridized carbons (Fsp3) is 0.188. The van der Waals surface area contributed by atoms with Gasteiger partial charge in [-0.2, -0.15) is 0 Å². The molecule has 1 aliphatic rings. The molecule has 0 bridgehead atoms. The standard InChI is InChI=1S/C16H13IO2/c17-13-3-1-2-11(8-13)10-19-14-5-6-15-12(9-14)4-7-16(15)18/h1-3,5-6,8-9H,4,7,10H2. The third kappa shape index (κ3) is 2.81. The van der Waals surface area contributed by atoms with Crippen molar-refractivity contribution < 1.29 is 9.53 Å². The number of fused-ring (bicyclic) bond motifs is 1. The van der Waals surface area contributed by atoms with E-state index in [0.29, 0.717) is 13.0 Å². The Morgan fingerprint density at radius 2 is 2.00 bits per heavy atom. The summed E-state index contributed by atoms with van der Waals surface area (Å²) in [6.07, 6.45) is 1.48. The average Bonchev–Trinajstić information content (AvgIpc) is 2.78. The maximum absolute atomic E-state index is 11.6. The summed E-state index contributed by atoms with van der Waals surface area (Å²) < 4.78 is 7.00. The third-order valence-corrected chi connectivity index (χ3v) is 3.96. The van der Waals surface area contributed by atoms with Gasteiger partial charge in [0, 0.05) is 15.6 Å². The number of halogens is 1. The number of aryl methyl sites for hydroxylation is 1. The summed E-state index contributed by atoms with van der Waals surface area (Å²) in [5, 5.41) is 0. The van der Waals surface area contributed by atoms with Gasteiger partial charge in [0.2, 0.25) is 0 Å². The number of ketones is 1. The third-order valence-electron chi connectivity index (χ3n) is 3.29. The molecule has 19 heavy (non-hydrogen) atoms. The molecule has 0 atom stereocenters. The molecule has 0 heterocycles. The first kappa shape index (κ1) is 12.7. The summed E-state index contributed by atoms with van der Waals surface area (Å²) in [5.74, 6) is 1.09. The van der Waals surface area contributed by atoms with E-state index in [-0.39, 0.29) is 5.78 Å². The van der Waals surface area contributed by atoms with Gasteiger partial charge in [-0.3, -0.25) is 4.79 Å². The Morgan fingerprint density at radius 3 is 2.84 bits per heavy atom. The smallest absolute Gasteiger partial charge is 0.163 e. The fourth-order valence-electron chi connectivity index (χ4n) is 2.32. The number of benzene rings is 2. The average molecular weight is 364 g/mol. The number of carbonyl (C=O) groups is 1. The molecule has 1 aliphatic carbocycles. The summed E-state index contributed by atoms with van der Waals surface area (Å²) in [6.45, 7) is 0.559. The SMILES string of the molecule is O=C1CCc2cc(OCc3cccc(I)c3)ccc21. The van der Waals surface area contributed by atoms with Crippen LogP contribution in [0.3, 0.4) is 0 Å². The first-order chi connectivity index (χ1) is 9.22. The number of Topliss-reactive ketones (excluding diaryl/α,β-unsaturated/α-hetero) is 1. The predicted octanol–water partition coefficient (Wildman–Crippen LogP) is 4.00. The monoisotopic (exact) mass is 364 g/mol. The van der Waals surface area contributed by atoms with E-state index in [1.165, 1.54) is 3.57 Å². The Balaban J connectivity index is 1.73.